The predicted molar refractivity (Wildman–Crippen MR) is 98.2 cm³/mol. The molecule has 3 rings (SSSR count). The maximum atomic E-state index is 12.7. The van der Waals surface area contributed by atoms with Crippen molar-refractivity contribution >= 4 is 18.0 Å². The van der Waals surface area contributed by atoms with E-state index in [1.165, 1.54) is 25.7 Å². The van der Waals surface area contributed by atoms with E-state index in [1.807, 2.05) is 36.9 Å². The van der Waals surface area contributed by atoms with Gasteiger partial charge < -0.3 is 10.0 Å². The third kappa shape index (κ3) is 3.94. The van der Waals surface area contributed by atoms with Crippen LogP contribution in [0.3, 0.4) is 0 Å². The minimum Gasteiger partial charge on any atom is -0.478 e. The summed E-state index contributed by atoms with van der Waals surface area (Å²) in [5, 5.41) is 9.58. The number of aryl methyl sites for hydroxylation is 2. The molecule has 0 radical (unpaired) electrons. The Balaban J connectivity index is 1.75. The first kappa shape index (κ1) is 17.7. The lowest BCUT2D eigenvalue weighted by molar-refractivity contribution is -0.136. The van der Waals surface area contributed by atoms with Gasteiger partial charge in [0.1, 0.15) is 0 Å². The van der Waals surface area contributed by atoms with Crippen LogP contribution in [0.25, 0.3) is 6.08 Å². The lowest BCUT2D eigenvalue weighted by Crippen LogP contribution is -2.30. The molecule has 134 valence electrons. The zero-order chi connectivity index (χ0) is 18.0. The van der Waals surface area contributed by atoms with E-state index in [2.05, 4.69) is 0 Å². The van der Waals surface area contributed by atoms with Crippen molar-refractivity contribution in [1.82, 2.24) is 4.90 Å². The number of nitrogens with zero attached hydrogens (tertiary/aromatic N) is 1. The minimum atomic E-state index is -1.01. The normalized spacial score (nSPS) is 23.4. The number of fused-ring (bicyclic) bond motifs is 1. The molecule has 1 saturated heterocycles. The van der Waals surface area contributed by atoms with Crippen LogP contribution >= 0.6 is 0 Å². The van der Waals surface area contributed by atoms with Gasteiger partial charge in [-0.3, -0.25) is 4.79 Å². The largest absolute Gasteiger partial charge is 0.478 e. The summed E-state index contributed by atoms with van der Waals surface area (Å²) < 4.78 is 0. The molecular weight excluding hydrogens is 314 g/mol. The first-order valence-electron chi connectivity index (χ1n) is 9.23. The Kier molecular flexibility index (Phi) is 5.26. The number of carbonyl (C=O) groups excluding carboxylic acids is 1. The summed E-state index contributed by atoms with van der Waals surface area (Å²) in [4.78, 5) is 26.3. The molecule has 1 aliphatic carbocycles. The molecule has 1 N–H and O–H groups in total. The molecule has 2 atom stereocenters. The highest BCUT2D eigenvalue weighted by atomic mass is 16.4. The van der Waals surface area contributed by atoms with Gasteiger partial charge in [-0.25, -0.2) is 4.79 Å². The first-order chi connectivity index (χ1) is 12.0. The van der Waals surface area contributed by atoms with Crippen LogP contribution in [0.1, 0.15) is 48.8 Å². The molecule has 4 heteroatoms. The molecular formula is C21H27NO3. The maximum Gasteiger partial charge on any atom is 0.332 e. The highest BCUT2D eigenvalue weighted by molar-refractivity contribution is 5.98. The van der Waals surface area contributed by atoms with Crippen molar-refractivity contribution in [3.05, 3.63) is 40.5 Å². The minimum absolute atomic E-state index is 0.0253. The molecule has 1 heterocycles. The molecule has 0 spiro atoms. The maximum absolute atomic E-state index is 12.7. The summed E-state index contributed by atoms with van der Waals surface area (Å²) in [6.07, 6.45) is 6.58. The van der Waals surface area contributed by atoms with Crippen LogP contribution in [0.5, 0.6) is 0 Å². The van der Waals surface area contributed by atoms with Crippen LogP contribution in [-0.2, 0) is 9.59 Å². The standard InChI is InChI=1S/C21H27NO3/c1-14-6-5-7-15(2)19(14)10-18(21(24)25)11-20(23)22-12-16-8-3-4-9-17(16)13-22/h5-7,10,16-17H,3-4,8-9,11-13H2,1-2H3,(H,24,25)/b18-10+. The Labute approximate surface area is 149 Å². The third-order valence-corrected chi connectivity index (χ3v) is 5.81. The highest BCUT2D eigenvalue weighted by Crippen LogP contribution is 2.36. The Morgan fingerprint density at radius 3 is 2.20 bits per heavy atom. The van der Waals surface area contributed by atoms with Crippen molar-refractivity contribution in [3.63, 3.8) is 0 Å². The lowest BCUT2D eigenvalue weighted by Gasteiger charge is -2.22. The molecule has 1 amide bonds. The van der Waals surface area contributed by atoms with Crippen molar-refractivity contribution < 1.29 is 14.7 Å². The van der Waals surface area contributed by atoms with Gasteiger partial charge in [-0.2, -0.15) is 0 Å². The van der Waals surface area contributed by atoms with Crippen LogP contribution in [0, 0.1) is 25.7 Å². The smallest absolute Gasteiger partial charge is 0.332 e. The quantitative estimate of drug-likeness (QED) is 0.847. The first-order valence-corrected chi connectivity index (χ1v) is 9.23. The Morgan fingerprint density at radius 2 is 1.68 bits per heavy atom. The molecule has 0 aromatic heterocycles. The number of likely N-dealkylation sites (tertiary alicyclic amines) is 1. The van der Waals surface area contributed by atoms with Crippen LogP contribution in [0.4, 0.5) is 0 Å². The summed E-state index contributed by atoms with van der Waals surface area (Å²) in [6.45, 7) is 5.54. The summed E-state index contributed by atoms with van der Waals surface area (Å²) >= 11 is 0. The molecule has 1 aromatic rings. The number of amides is 1. The monoisotopic (exact) mass is 341 g/mol. The summed E-state index contributed by atoms with van der Waals surface area (Å²) in [7, 11) is 0. The number of hydrogen-bond donors (Lipinski definition) is 1. The second-order valence-electron chi connectivity index (χ2n) is 7.56. The number of rotatable bonds is 4. The second kappa shape index (κ2) is 7.42. The van der Waals surface area contributed by atoms with Gasteiger partial charge in [0.15, 0.2) is 0 Å². The van der Waals surface area contributed by atoms with E-state index < -0.39 is 5.97 Å². The van der Waals surface area contributed by atoms with Crippen molar-refractivity contribution in [2.75, 3.05) is 13.1 Å². The number of carboxylic acids is 1. The Bertz CT molecular complexity index is 673. The molecule has 0 bridgehead atoms. The van der Waals surface area contributed by atoms with Gasteiger partial charge in [-0.15, -0.1) is 0 Å². The summed E-state index contributed by atoms with van der Waals surface area (Å²) in [5.74, 6) is 0.184. The number of hydrogen-bond acceptors (Lipinski definition) is 2. The molecule has 2 aliphatic rings. The molecule has 1 saturated carbocycles. The fourth-order valence-corrected chi connectivity index (χ4v) is 4.30. The Morgan fingerprint density at radius 1 is 1.12 bits per heavy atom. The average Bonchev–Trinajstić information content (AvgIpc) is 3.01. The molecule has 2 unspecified atom stereocenters. The SMILES string of the molecule is Cc1cccc(C)c1/C=C(\CC(=O)N1CC2CCCCC2C1)C(=O)O. The molecule has 2 fully saturated rings. The fourth-order valence-electron chi connectivity index (χ4n) is 4.30. The zero-order valence-corrected chi connectivity index (χ0v) is 15.1. The molecule has 1 aliphatic heterocycles. The average molecular weight is 341 g/mol. The van der Waals surface area contributed by atoms with Crippen molar-refractivity contribution in [1.29, 1.82) is 0 Å². The van der Waals surface area contributed by atoms with Gasteiger partial charge in [-0.1, -0.05) is 31.0 Å². The van der Waals surface area contributed by atoms with Crippen LogP contribution in [-0.4, -0.2) is 35.0 Å². The molecule has 1 aromatic carbocycles. The van der Waals surface area contributed by atoms with Crippen LogP contribution < -0.4 is 0 Å². The lowest BCUT2D eigenvalue weighted by atomic mass is 9.82. The van der Waals surface area contributed by atoms with Crippen molar-refractivity contribution in [2.45, 2.75) is 46.0 Å². The van der Waals surface area contributed by atoms with Crippen LogP contribution in [0.15, 0.2) is 23.8 Å². The van der Waals surface area contributed by atoms with Gasteiger partial charge in [0.05, 0.1) is 6.42 Å². The fraction of sp³-hybridized carbons (Fsp3) is 0.524. The van der Waals surface area contributed by atoms with Gasteiger partial charge in [0.25, 0.3) is 0 Å². The number of carbonyl (C=O) groups is 2. The van der Waals surface area contributed by atoms with Gasteiger partial charge >= 0.3 is 5.97 Å². The van der Waals surface area contributed by atoms with E-state index in [1.54, 1.807) is 6.08 Å². The molecule has 25 heavy (non-hydrogen) atoms. The number of benzene rings is 1. The van der Waals surface area contributed by atoms with E-state index in [9.17, 15) is 14.7 Å². The van der Waals surface area contributed by atoms with Crippen molar-refractivity contribution in [3.8, 4) is 0 Å². The predicted octanol–water partition coefficient (Wildman–Crippen LogP) is 3.81. The van der Waals surface area contributed by atoms with Gasteiger partial charge in [0.2, 0.25) is 5.91 Å². The van der Waals surface area contributed by atoms with E-state index in [0.29, 0.717) is 11.8 Å². The number of carboxylic acid groups (broad SMARTS) is 1. The topological polar surface area (TPSA) is 57.6 Å². The van der Waals surface area contributed by atoms with Gasteiger partial charge in [-0.05, 0) is 61.3 Å². The van der Waals surface area contributed by atoms with E-state index in [0.717, 1.165) is 29.8 Å². The third-order valence-electron chi connectivity index (χ3n) is 5.81. The summed E-state index contributed by atoms with van der Waals surface area (Å²) in [6, 6.07) is 5.89. The molecule has 4 nitrogen and oxygen atoms in total. The zero-order valence-electron chi connectivity index (χ0n) is 15.1. The second-order valence-corrected chi connectivity index (χ2v) is 7.56. The highest BCUT2D eigenvalue weighted by Gasteiger charge is 2.36. The number of aliphatic carboxylic acids is 1. The van der Waals surface area contributed by atoms with E-state index in [4.69, 9.17) is 0 Å². The van der Waals surface area contributed by atoms with Gasteiger partial charge in [0, 0.05) is 18.7 Å². The van der Waals surface area contributed by atoms with E-state index in [-0.39, 0.29) is 17.9 Å². The van der Waals surface area contributed by atoms with Crippen molar-refractivity contribution in [2.24, 2.45) is 11.8 Å². The van der Waals surface area contributed by atoms with E-state index >= 15 is 0 Å². The Hall–Kier alpha value is -2.10. The van der Waals surface area contributed by atoms with Crippen LogP contribution in [0.2, 0.25) is 0 Å². The summed E-state index contributed by atoms with van der Waals surface area (Å²) in [5.41, 5.74) is 3.14.